The molecule has 28 heavy (non-hydrogen) atoms. The van der Waals surface area contributed by atoms with Gasteiger partial charge in [0, 0.05) is 18.9 Å². The fourth-order valence-corrected chi connectivity index (χ4v) is 4.68. The maximum Gasteiger partial charge on any atom is 0.286 e. The van der Waals surface area contributed by atoms with Crippen molar-refractivity contribution < 1.29 is 13.5 Å². The van der Waals surface area contributed by atoms with Crippen molar-refractivity contribution in [2.45, 2.75) is 38.1 Å². The summed E-state index contributed by atoms with van der Waals surface area (Å²) in [7, 11) is -3.86. The van der Waals surface area contributed by atoms with Gasteiger partial charge in [0.05, 0.1) is 17.3 Å². The van der Waals surface area contributed by atoms with Gasteiger partial charge in [0.1, 0.15) is 4.90 Å². The van der Waals surface area contributed by atoms with Crippen molar-refractivity contribution in [3.63, 3.8) is 0 Å². The van der Waals surface area contributed by atoms with Gasteiger partial charge in [-0.05, 0) is 31.4 Å². The van der Waals surface area contributed by atoms with Crippen molar-refractivity contribution in [3.05, 3.63) is 42.2 Å². The first-order chi connectivity index (χ1) is 13.3. The molecule has 1 unspecified atom stereocenters. The van der Waals surface area contributed by atoms with E-state index in [-0.39, 0.29) is 22.7 Å². The number of nitrogens with zero attached hydrogens (tertiary/aromatic N) is 4. The zero-order valence-electron chi connectivity index (χ0n) is 16.0. The number of fused-ring (bicyclic) bond motifs is 2. The van der Waals surface area contributed by atoms with E-state index < -0.39 is 10.0 Å². The van der Waals surface area contributed by atoms with Crippen LogP contribution < -0.4 is 10.2 Å². The van der Waals surface area contributed by atoms with Gasteiger partial charge < -0.3 is 15.3 Å². The molecule has 1 aromatic carbocycles. The highest BCUT2D eigenvalue weighted by Crippen LogP contribution is 2.35. The molecule has 0 amide bonds. The third-order valence-corrected chi connectivity index (χ3v) is 6.40. The lowest BCUT2D eigenvalue weighted by Crippen LogP contribution is -2.45. The average molecular weight is 401 g/mol. The lowest BCUT2D eigenvalue weighted by atomic mass is 10.0. The molecule has 9 heteroatoms. The van der Waals surface area contributed by atoms with Crippen LogP contribution in [-0.4, -0.2) is 41.5 Å². The van der Waals surface area contributed by atoms with E-state index in [4.69, 9.17) is 0 Å². The molecule has 1 aromatic heterocycles. The van der Waals surface area contributed by atoms with E-state index in [0.29, 0.717) is 23.1 Å². The van der Waals surface area contributed by atoms with Gasteiger partial charge in [0.25, 0.3) is 10.0 Å². The molecule has 2 aliphatic heterocycles. The summed E-state index contributed by atoms with van der Waals surface area (Å²) in [5.41, 5.74) is 0.873. The summed E-state index contributed by atoms with van der Waals surface area (Å²) in [6.07, 6.45) is 4.21. The number of rotatable bonds is 4. The van der Waals surface area contributed by atoms with E-state index >= 15 is 0 Å². The Morgan fingerprint density at radius 2 is 2.04 bits per heavy atom. The summed E-state index contributed by atoms with van der Waals surface area (Å²) in [4.78, 5) is 6.57. The van der Waals surface area contributed by atoms with Crippen LogP contribution >= 0.6 is 0 Å². The van der Waals surface area contributed by atoms with Crippen molar-refractivity contribution in [2.24, 2.45) is 10.3 Å². The molecular formula is C19H23N5O3S. The van der Waals surface area contributed by atoms with Crippen molar-refractivity contribution in [2.75, 3.05) is 16.8 Å². The monoisotopic (exact) mass is 401 g/mol. The number of aromatic nitrogens is 2. The molecule has 3 heterocycles. The molecule has 8 nitrogen and oxygen atoms in total. The van der Waals surface area contributed by atoms with Crippen LogP contribution in [0.4, 0.5) is 11.6 Å². The van der Waals surface area contributed by atoms with Crippen molar-refractivity contribution in [1.29, 1.82) is 0 Å². The minimum Gasteiger partial charge on any atom is -0.494 e. The lowest BCUT2D eigenvalue weighted by molar-refractivity contribution is 0.448. The van der Waals surface area contributed by atoms with Crippen molar-refractivity contribution in [3.8, 4) is 0 Å². The zero-order valence-corrected chi connectivity index (χ0v) is 16.8. The molecule has 2 N–H and O–H groups in total. The van der Waals surface area contributed by atoms with Crippen LogP contribution in [0.5, 0.6) is 0 Å². The Labute approximate surface area is 164 Å². The minimum absolute atomic E-state index is 0.0679. The van der Waals surface area contributed by atoms with Gasteiger partial charge in [-0.1, -0.05) is 26.0 Å². The molecule has 0 radical (unpaired) electrons. The van der Waals surface area contributed by atoms with Crippen LogP contribution in [0.25, 0.3) is 5.88 Å². The van der Waals surface area contributed by atoms with Gasteiger partial charge in [-0.2, -0.15) is 8.42 Å². The van der Waals surface area contributed by atoms with Crippen LogP contribution in [0.1, 0.15) is 27.2 Å². The van der Waals surface area contributed by atoms with Gasteiger partial charge in [0.2, 0.25) is 11.8 Å². The van der Waals surface area contributed by atoms with Crippen LogP contribution in [-0.2, 0) is 10.0 Å². The summed E-state index contributed by atoms with van der Waals surface area (Å²) in [5, 5.41) is 14.0. The molecular weight excluding hydrogens is 378 g/mol. The quantitative estimate of drug-likeness (QED) is 0.817. The van der Waals surface area contributed by atoms with E-state index in [0.717, 1.165) is 13.0 Å². The van der Waals surface area contributed by atoms with Crippen LogP contribution in [0.3, 0.4) is 0 Å². The van der Waals surface area contributed by atoms with Gasteiger partial charge in [-0.25, -0.2) is 4.98 Å². The maximum absolute atomic E-state index is 12.7. The number of aliphatic hydroxyl groups excluding tert-OH is 1. The molecule has 2 aromatic rings. The Morgan fingerprint density at radius 1 is 1.29 bits per heavy atom. The highest BCUT2D eigenvalue weighted by Gasteiger charge is 2.37. The van der Waals surface area contributed by atoms with Crippen LogP contribution in [0, 0.1) is 5.92 Å². The first-order valence-electron chi connectivity index (χ1n) is 9.24. The molecule has 4 rings (SSSR count). The Kier molecular flexibility index (Phi) is 4.41. The molecule has 0 fully saturated rings. The largest absolute Gasteiger partial charge is 0.494 e. The maximum atomic E-state index is 12.7. The Bertz CT molecular complexity index is 1080. The number of hydrogen-bond acceptors (Lipinski definition) is 6. The Hall–Kier alpha value is -2.81. The third-order valence-electron chi connectivity index (χ3n) is 5.06. The summed E-state index contributed by atoms with van der Waals surface area (Å²) in [6.45, 7) is 6.93. The number of para-hydroxylation sites is 1. The van der Waals surface area contributed by atoms with Crippen molar-refractivity contribution in [1.82, 2.24) is 9.55 Å². The summed E-state index contributed by atoms with van der Waals surface area (Å²) in [5.74, 6) is 1.20. The number of sulfonamides is 1. The van der Waals surface area contributed by atoms with Crippen molar-refractivity contribution >= 4 is 33.4 Å². The number of anilines is 2. The number of imidazole rings is 1. The minimum atomic E-state index is -3.86. The van der Waals surface area contributed by atoms with E-state index in [1.54, 1.807) is 35.2 Å². The standard InChI is InChI=1S/C19H23N5O3S/c1-12(2)8-10-23-13(3)16(18(25)24-11-9-20-19(23)24)17-21-14-6-4-5-7-15(14)28(26,27)22-17/h4-7,9,11-13,25H,8,10H2,1-3H3,(H,21,22). The predicted octanol–water partition coefficient (Wildman–Crippen LogP) is 3.08. The smallest absolute Gasteiger partial charge is 0.286 e. The summed E-state index contributed by atoms with van der Waals surface area (Å²) in [6, 6.07) is 6.31. The molecule has 0 bridgehead atoms. The van der Waals surface area contributed by atoms with Gasteiger partial charge in [-0.15, -0.1) is 4.40 Å². The van der Waals surface area contributed by atoms with E-state index in [1.165, 1.54) is 6.07 Å². The topological polar surface area (TPSA) is 99.8 Å². The van der Waals surface area contributed by atoms with Gasteiger partial charge in [-0.3, -0.25) is 4.57 Å². The average Bonchev–Trinajstić information content (AvgIpc) is 3.11. The van der Waals surface area contributed by atoms with E-state index in [9.17, 15) is 13.5 Å². The van der Waals surface area contributed by atoms with E-state index in [1.807, 2.05) is 6.92 Å². The number of amidine groups is 1. The number of benzene rings is 1. The zero-order chi connectivity index (χ0) is 20.1. The third kappa shape index (κ3) is 2.95. The fraction of sp³-hybridized carbons (Fsp3) is 0.368. The molecule has 1 atom stereocenters. The number of aliphatic hydroxyl groups is 1. The van der Waals surface area contributed by atoms with Crippen LogP contribution in [0.2, 0.25) is 0 Å². The highest BCUT2D eigenvalue weighted by atomic mass is 32.2. The second-order valence-corrected chi connectivity index (χ2v) is 9.00. The SMILES string of the molecule is CC(C)CCN1c2nccn2C(O)=C(C2=NS(=O)(=O)c3ccccc3N2)C1C. The fourth-order valence-electron chi connectivity index (χ4n) is 3.54. The van der Waals surface area contributed by atoms with E-state index in [2.05, 4.69) is 33.4 Å². The molecule has 148 valence electrons. The lowest BCUT2D eigenvalue weighted by Gasteiger charge is -2.37. The summed E-state index contributed by atoms with van der Waals surface area (Å²) < 4.78 is 30.9. The number of nitrogens with one attached hydrogen (secondary N) is 1. The highest BCUT2D eigenvalue weighted by molar-refractivity contribution is 7.90. The predicted molar refractivity (Wildman–Crippen MR) is 109 cm³/mol. The van der Waals surface area contributed by atoms with Crippen LogP contribution in [0.15, 0.2) is 51.5 Å². The Balaban J connectivity index is 1.81. The normalized spacial score (nSPS) is 20.5. The molecule has 0 aliphatic carbocycles. The van der Waals surface area contributed by atoms with Gasteiger partial charge in [0.15, 0.2) is 5.84 Å². The molecule has 0 spiro atoms. The van der Waals surface area contributed by atoms with Gasteiger partial charge >= 0.3 is 0 Å². The second kappa shape index (κ2) is 6.66. The second-order valence-electron chi connectivity index (χ2n) is 7.42. The molecule has 0 saturated heterocycles. The summed E-state index contributed by atoms with van der Waals surface area (Å²) >= 11 is 0. The first kappa shape index (κ1) is 18.5. The molecule has 0 saturated carbocycles. The first-order valence-corrected chi connectivity index (χ1v) is 10.7. The number of hydrogen-bond donors (Lipinski definition) is 2. The Morgan fingerprint density at radius 3 is 2.79 bits per heavy atom. The molecule has 2 aliphatic rings.